The highest BCUT2D eigenvalue weighted by atomic mass is 35.5. The summed E-state index contributed by atoms with van der Waals surface area (Å²) < 4.78 is 16.6. The van der Waals surface area contributed by atoms with E-state index < -0.39 is 17.2 Å². The predicted octanol–water partition coefficient (Wildman–Crippen LogP) is 4.03. The molecule has 3 aliphatic rings. The zero-order valence-electron chi connectivity index (χ0n) is 21.9. The Kier molecular flexibility index (Phi) is 5.30. The number of aryl methyl sites for hydroxylation is 1. The summed E-state index contributed by atoms with van der Waals surface area (Å²) in [6.07, 6.45) is 7.08. The van der Waals surface area contributed by atoms with Gasteiger partial charge in [0.2, 0.25) is 5.43 Å². The summed E-state index contributed by atoms with van der Waals surface area (Å²) in [6.45, 7) is 1.49. The van der Waals surface area contributed by atoms with E-state index in [9.17, 15) is 14.7 Å². The molecule has 9 nitrogen and oxygen atoms in total. The van der Waals surface area contributed by atoms with E-state index in [1.807, 2.05) is 0 Å². The Labute approximate surface area is 233 Å². The molecule has 40 heavy (non-hydrogen) atoms. The van der Waals surface area contributed by atoms with E-state index in [0.29, 0.717) is 34.4 Å². The molecule has 204 valence electrons. The number of carboxylic acid groups (broad SMARTS) is 1. The van der Waals surface area contributed by atoms with Crippen LogP contribution in [0.1, 0.15) is 34.5 Å². The number of benzene rings is 1. The van der Waals surface area contributed by atoms with E-state index in [0.717, 1.165) is 48.4 Å². The molecular weight excluding hydrogens is 535 g/mol. The summed E-state index contributed by atoms with van der Waals surface area (Å²) in [5, 5.41) is 12.9. The van der Waals surface area contributed by atoms with Crippen LogP contribution in [0.3, 0.4) is 0 Å². The summed E-state index contributed by atoms with van der Waals surface area (Å²) in [5.74, 6) is -1.82. The number of nitrogens with zero attached hydrogens (tertiary/aromatic N) is 4. The van der Waals surface area contributed by atoms with Gasteiger partial charge in [-0.05, 0) is 30.5 Å². The van der Waals surface area contributed by atoms with Crippen molar-refractivity contribution in [2.75, 3.05) is 30.4 Å². The second-order valence-electron chi connectivity index (χ2n) is 11.1. The maximum atomic E-state index is 15.1. The van der Waals surface area contributed by atoms with Crippen LogP contribution in [0.5, 0.6) is 0 Å². The van der Waals surface area contributed by atoms with E-state index in [1.165, 1.54) is 16.8 Å². The van der Waals surface area contributed by atoms with E-state index in [4.69, 9.17) is 22.3 Å². The molecule has 2 atom stereocenters. The van der Waals surface area contributed by atoms with Crippen LogP contribution >= 0.6 is 11.6 Å². The van der Waals surface area contributed by atoms with Crippen molar-refractivity contribution in [1.29, 1.82) is 0 Å². The average Bonchev–Trinajstić information content (AvgIpc) is 3.25. The third-order valence-electron chi connectivity index (χ3n) is 8.83. The highest BCUT2D eigenvalue weighted by Crippen LogP contribution is 2.57. The van der Waals surface area contributed by atoms with Crippen molar-refractivity contribution in [2.24, 2.45) is 18.2 Å². The monoisotopic (exact) mass is 560 g/mol. The molecule has 7 rings (SSSR count). The third-order valence-corrected chi connectivity index (χ3v) is 9.20. The van der Waals surface area contributed by atoms with Gasteiger partial charge in [0.05, 0.1) is 21.8 Å². The molecule has 0 radical (unpaired) electrons. The maximum Gasteiger partial charge on any atom is 0.341 e. The second kappa shape index (κ2) is 8.49. The maximum absolute atomic E-state index is 15.1. The largest absolute Gasteiger partial charge is 0.477 e. The van der Waals surface area contributed by atoms with Gasteiger partial charge in [-0.1, -0.05) is 11.6 Å². The first-order valence-corrected chi connectivity index (χ1v) is 13.5. The van der Waals surface area contributed by atoms with Crippen molar-refractivity contribution in [2.45, 2.75) is 25.3 Å². The van der Waals surface area contributed by atoms with Crippen molar-refractivity contribution in [3.05, 3.63) is 68.6 Å². The number of nitrogens with two attached hydrogens (primary N) is 1. The van der Waals surface area contributed by atoms with Gasteiger partial charge in [-0.3, -0.25) is 9.78 Å². The van der Waals surface area contributed by atoms with Crippen molar-refractivity contribution < 1.29 is 14.3 Å². The highest BCUT2D eigenvalue weighted by Gasteiger charge is 2.56. The number of carbonyl (C=O) groups is 1. The molecule has 0 bridgehead atoms. The van der Waals surface area contributed by atoms with Gasteiger partial charge < -0.3 is 25.6 Å². The first-order chi connectivity index (χ1) is 19.1. The van der Waals surface area contributed by atoms with Gasteiger partial charge in [-0.15, -0.1) is 0 Å². The second-order valence-corrected chi connectivity index (χ2v) is 11.4. The Bertz CT molecular complexity index is 1860. The molecule has 4 N–H and O–H groups in total. The van der Waals surface area contributed by atoms with Crippen molar-refractivity contribution in [1.82, 2.24) is 14.5 Å². The van der Waals surface area contributed by atoms with E-state index in [2.05, 4.69) is 15.2 Å². The molecular formula is C29H26ClFN6O3. The van der Waals surface area contributed by atoms with Crippen LogP contribution in [-0.2, 0) is 13.5 Å². The van der Waals surface area contributed by atoms with Crippen LogP contribution in [0.25, 0.3) is 33.3 Å². The number of rotatable bonds is 4. The topological polar surface area (TPSA) is 126 Å². The fraction of sp³-hybridized carbons (Fsp3) is 0.310. The number of aromatic carboxylic acids is 1. The number of hydrogen-bond acceptors (Lipinski definition) is 7. The van der Waals surface area contributed by atoms with Gasteiger partial charge in [0.25, 0.3) is 0 Å². The molecule has 2 aliphatic carbocycles. The van der Waals surface area contributed by atoms with Crippen LogP contribution in [0, 0.1) is 11.2 Å². The Balaban J connectivity index is 1.51. The van der Waals surface area contributed by atoms with E-state index in [-0.39, 0.29) is 27.4 Å². The highest BCUT2D eigenvalue weighted by molar-refractivity contribution is 6.34. The third kappa shape index (κ3) is 3.42. The lowest BCUT2D eigenvalue weighted by molar-refractivity contribution is 0.0695. The van der Waals surface area contributed by atoms with Gasteiger partial charge in [-0.2, -0.15) is 0 Å². The molecule has 1 aliphatic heterocycles. The molecule has 11 heteroatoms. The minimum atomic E-state index is -1.30. The first kappa shape index (κ1) is 25.0. The SMILES string of the molecule is CNc1cc(F)c(Cl)c2c1Cc1ncc(-c3cnc4c(c3)c(=O)c(C(=O)O)cn4C)c(N3CC[C@@]4(C[C@H]4N)C3)c1-2. The Morgan fingerprint density at radius 2 is 2.05 bits per heavy atom. The standard InChI is InChI=1S/C29H26ClFN6O3/c1-33-19-7-18(31)24(30)22-14(19)6-20-23(22)25(37-4-3-29(12-37)8-21(29)32)16(10-34-20)13-5-15-26(38)17(28(39)40)11-36(2)27(15)35-9-13/h5,7,9-11,21,33H,3-4,6,8,12,32H2,1-2H3,(H,39,40)/t21-,29-/m1/s1. The zero-order valence-corrected chi connectivity index (χ0v) is 22.6. The Hall–Kier alpha value is -4.02. The Morgan fingerprint density at radius 3 is 2.73 bits per heavy atom. The van der Waals surface area contributed by atoms with Crippen molar-refractivity contribution in [3.8, 4) is 22.3 Å². The normalized spacial score (nSPS) is 20.7. The molecule has 2 fully saturated rings. The number of halogens is 2. The Morgan fingerprint density at radius 1 is 1.27 bits per heavy atom. The van der Waals surface area contributed by atoms with E-state index >= 15 is 4.39 Å². The fourth-order valence-corrected chi connectivity index (χ4v) is 6.84. The predicted molar refractivity (Wildman–Crippen MR) is 152 cm³/mol. The molecule has 1 aromatic carbocycles. The zero-order chi connectivity index (χ0) is 28.1. The lowest BCUT2D eigenvalue weighted by atomic mass is 9.97. The first-order valence-electron chi connectivity index (χ1n) is 13.1. The van der Waals surface area contributed by atoms with Gasteiger partial charge >= 0.3 is 5.97 Å². The summed E-state index contributed by atoms with van der Waals surface area (Å²) in [6, 6.07) is 3.21. The van der Waals surface area contributed by atoms with Gasteiger partial charge in [0, 0.05) is 91.6 Å². The van der Waals surface area contributed by atoms with Gasteiger partial charge in [-0.25, -0.2) is 14.2 Å². The minimum Gasteiger partial charge on any atom is -0.477 e. The summed E-state index contributed by atoms with van der Waals surface area (Å²) in [5.41, 5.74) is 11.7. The summed E-state index contributed by atoms with van der Waals surface area (Å²) in [7, 11) is 3.40. The van der Waals surface area contributed by atoms with Crippen LogP contribution < -0.4 is 21.4 Å². The number of nitrogens with one attached hydrogen (secondary N) is 1. The summed E-state index contributed by atoms with van der Waals surface area (Å²) in [4.78, 5) is 36.5. The molecule has 4 heterocycles. The molecule has 0 unspecified atom stereocenters. The van der Waals surface area contributed by atoms with Crippen LogP contribution in [0.2, 0.25) is 5.02 Å². The average molecular weight is 561 g/mol. The molecule has 1 saturated carbocycles. The van der Waals surface area contributed by atoms with E-state index in [1.54, 1.807) is 32.6 Å². The molecule has 3 aromatic heterocycles. The van der Waals surface area contributed by atoms with Gasteiger partial charge in [0.15, 0.2) is 0 Å². The van der Waals surface area contributed by atoms with Gasteiger partial charge in [0.1, 0.15) is 17.0 Å². The lowest BCUT2D eigenvalue weighted by Crippen LogP contribution is -2.24. The van der Waals surface area contributed by atoms with Crippen LogP contribution in [-0.4, -0.2) is 51.8 Å². The fourth-order valence-electron chi connectivity index (χ4n) is 6.57. The number of hydrogen-bond donors (Lipinski definition) is 3. The molecule has 0 amide bonds. The number of carboxylic acids is 1. The minimum absolute atomic E-state index is 0.0431. The number of fused-ring (bicyclic) bond motifs is 4. The lowest BCUT2D eigenvalue weighted by Gasteiger charge is -2.26. The molecule has 4 aromatic rings. The van der Waals surface area contributed by atoms with Crippen LogP contribution in [0.15, 0.2) is 35.5 Å². The van der Waals surface area contributed by atoms with Crippen molar-refractivity contribution in [3.63, 3.8) is 0 Å². The molecule has 1 saturated heterocycles. The molecule has 1 spiro atoms. The number of anilines is 2. The number of aromatic nitrogens is 3. The quantitative estimate of drug-likeness (QED) is 0.301. The summed E-state index contributed by atoms with van der Waals surface area (Å²) >= 11 is 6.65. The van der Waals surface area contributed by atoms with Crippen LogP contribution in [0.4, 0.5) is 15.8 Å². The number of pyridine rings is 3. The van der Waals surface area contributed by atoms with Crippen molar-refractivity contribution >= 4 is 40.0 Å². The smallest absolute Gasteiger partial charge is 0.341 e.